The molecule has 0 radical (unpaired) electrons. The third-order valence-electron chi connectivity index (χ3n) is 4.49. The molecule has 3 rings (SSSR count). The molecule has 0 fully saturated rings. The molecule has 0 saturated carbocycles. The van der Waals surface area contributed by atoms with Gasteiger partial charge in [0.25, 0.3) is 0 Å². The van der Waals surface area contributed by atoms with Gasteiger partial charge in [-0.3, -0.25) is 0 Å². The molecule has 0 saturated heterocycles. The van der Waals surface area contributed by atoms with Crippen LogP contribution < -0.4 is 15.2 Å². The van der Waals surface area contributed by atoms with Crippen molar-refractivity contribution in [1.82, 2.24) is 5.32 Å². The standard InChI is InChI=1S/C22H22BrFN2O3S/c23-19-5-10-22(29-15-17-1-6-20(24)7-2-17)18(13-19)14-26-12-11-16-3-8-21(9-4-16)30(25,27)28/h1-10,13,26H,11-12,14-15H2,(H2,25,27,28). The van der Waals surface area contributed by atoms with Crippen molar-refractivity contribution >= 4 is 26.0 Å². The first-order chi connectivity index (χ1) is 14.3. The van der Waals surface area contributed by atoms with Crippen molar-refractivity contribution in [2.75, 3.05) is 6.54 Å². The summed E-state index contributed by atoms with van der Waals surface area (Å²) in [5.41, 5.74) is 2.90. The third kappa shape index (κ3) is 6.63. The van der Waals surface area contributed by atoms with Crippen LogP contribution in [0.2, 0.25) is 0 Å². The van der Waals surface area contributed by atoms with Gasteiger partial charge in [0.1, 0.15) is 18.2 Å². The Morgan fingerprint density at radius 3 is 2.30 bits per heavy atom. The second kappa shape index (κ2) is 10.2. The molecule has 0 aliphatic heterocycles. The molecule has 0 atom stereocenters. The molecule has 158 valence electrons. The summed E-state index contributed by atoms with van der Waals surface area (Å²) in [6, 6.07) is 18.6. The van der Waals surface area contributed by atoms with Crippen molar-refractivity contribution in [2.24, 2.45) is 5.14 Å². The maximum Gasteiger partial charge on any atom is 0.238 e. The van der Waals surface area contributed by atoms with E-state index in [1.165, 1.54) is 24.3 Å². The van der Waals surface area contributed by atoms with E-state index in [1.807, 2.05) is 18.2 Å². The number of ether oxygens (including phenoxy) is 1. The van der Waals surface area contributed by atoms with Crippen molar-refractivity contribution in [3.05, 3.63) is 93.7 Å². The normalized spacial score (nSPS) is 11.4. The van der Waals surface area contributed by atoms with Crippen molar-refractivity contribution in [3.8, 4) is 5.75 Å². The van der Waals surface area contributed by atoms with Crippen LogP contribution in [0, 0.1) is 5.82 Å². The van der Waals surface area contributed by atoms with E-state index in [2.05, 4.69) is 21.2 Å². The molecule has 0 unspecified atom stereocenters. The SMILES string of the molecule is NS(=O)(=O)c1ccc(CCNCc2cc(Br)ccc2OCc2ccc(F)cc2)cc1. The second-order valence-electron chi connectivity index (χ2n) is 6.78. The van der Waals surface area contributed by atoms with E-state index in [1.54, 1.807) is 24.3 Å². The van der Waals surface area contributed by atoms with Gasteiger partial charge in [-0.1, -0.05) is 40.2 Å². The number of halogens is 2. The van der Waals surface area contributed by atoms with Crippen LogP contribution in [0.25, 0.3) is 0 Å². The quantitative estimate of drug-likeness (QED) is 0.439. The van der Waals surface area contributed by atoms with E-state index in [0.29, 0.717) is 19.7 Å². The highest BCUT2D eigenvalue weighted by Gasteiger charge is 2.08. The molecule has 0 amide bonds. The summed E-state index contributed by atoms with van der Waals surface area (Å²) in [6.07, 6.45) is 0.741. The Bertz CT molecular complexity index is 1090. The van der Waals surface area contributed by atoms with Crippen LogP contribution in [0.1, 0.15) is 16.7 Å². The Morgan fingerprint density at radius 1 is 0.967 bits per heavy atom. The minimum atomic E-state index is -3.67. The van der Waals surface area contributed by atoms with Gasteiger partial charge in [-0.05, 0) is 66.6 Å². The molecule has 8 heteroatoms. The van der Waals surface area contributed by atoms with Crippen LogP contribution in [-0.2, 0) is 29.6 Å². The van der Waals surface area contributed by atoms with Gasteiger partial charge in [-0.15, -0.1) is 0 Å². The van der Waals surface area contributed by atoms with E-state index in [4.69, 9.17) is 9.88 Å². The minimum absolute atomic E-state index is 0.108. The molecule has 0 spiro atoms. The first kappa shape index (κ1) is 22.4. The van der Waals surface area contributed by atoms with Crippen molar-refractivity contribution in [2.45, 2.75) is 24.5 Å². The number of nitrogens with two attached hydrogens (primary N) is 1. The van der Waals surface area contributed by atoms with E-state index >= 15 is 0 Å². The van der Waals surface area contributed by atoms with Crippen LogP contribution in [0.5, 0.6) is 5.75 Å². The molecular weight excluding hydrogens is 471 g/mol. The number of hydrogen-bond donors (Lipinski definition) is 2. The average molecular weight is 493 g/mol. The lowest BCUT2D eigenvalue weighted by molar-refractivity contribution is 0.302. The summed E-state index contributed by atoms with van der Waals surface area (Å²) in [5, 5.41) is 8.49. The summed E-state index contributed by atoms with van der Waals surface area (Å²) < 4.78 is 42.5. The zero-order chi connectivity index (χ0) is 21.6. The highest BCUT2D eigenvalue weighted by Crippen LogP contribution is 2.24. The molecule has 3 aromatic rings. The Kier molecular flexibility index (Phi) is 7.60. The van der Waals surface area contributed by atoms with Gasteiger partial charge >= 0.3 is 0 Å². The van der Waals surface area contributed by atoms with Crippen molar-refractivity contribution in [1.29, 1.82) is 0 Å². The fourth-order valence-corrected chi connectivity index (χ4v) is 3.79. The summed E-state index contributed by atoms with van der Waals surface area (Å²) in [4.78, 5) is 0.108. The summed E-state index contributed by atoms with van der Waals surface area (Å²) in [5.74, 6) is 0.485. The van der Waals surface area contributed by atoms with Gasteiger partial charge in [0.05, 0.1) is 4.90 Å². The lowest BCUT2D eigenvalue weighted by atomic mass is 10.1. The van der Waals surface area contributed by atoms with Crippen LogP contribution in [-0.4, -0.2) is 15.0 Å². The molecule has 30 heavy (non-hydrogen) atoms. The highest BCUT2D eigenvalue weighted by molar-refractivity contribution is 9.10. The number of benzene rings is 3. The zero-order valence-corrected chi connectivity index (χ0v) is 18.5. The van der Waals surface area contributed by atoms with Gasteiger partial charge in [0, 0.05) is 16.6 Å². The molecule has 0 aliphatic rings. The molecule has 0 aromatic heterocycles. The molecule has 0 heterocycles. The molecule has 3 N–H and O–H groups in total. The van der Waals surface area contributed by atoms with Crippen LogP contribution in [0.3, 0.4) is 0 Å². The lowest BCUT2D eigenvalue weighted by Gasteiger charge is -2.13. The minimum Gasteiger partial charge on any atom is -0.489 e. The predicted molar refractivity (Wildman–Crippen MR) is 118 cm³/mol. The summed E-state index contributed by atoms with van der Waals surface area (Å²) in [6.45, 7) is 1.66. The molecule has 0 aliphatic carbocycles. The van der Waals surface area contributed by atoms with Gasteiger partial charge in [-0.2, -0.15) is 0 Å². The maximum atomic E-state index is 13.0. The van der Waals surface area contributed by atoms with Gasteiger partial charge in [0.2, 0.25) is 10.0 Å². The van der Waals surface area contributed by atoms with E-state index in [9.17, 15) is 12.8 Å². The monoisotopic (exact) mass is 492 g/mol. The zero-order valence-electron chi connectivity index (χ0n) is 16.1. The van der Waals surface area contributed by atoms with Gasteiger partial charge in [0.15, 0.2) is 0 Å². The number of hydrogen-bond acceptors (Lipinski definition) is 4. The van der Waals surface area contributed by atoms with E-state index < -0.39 is 10.0 Å². The Morgan fingerprint density at radius 2 is 1.63 bits per heavy atom. The fraction of sp³-hybridized carbons (Fsp3) is 0.182. The first-order valence-corrected chi connectivity index (χ1v) is 11.6. The molecular formula is C22H22BrFN2O3S. The van der Waals surface area contributed by atoms with Gasteiger partial charge < -0.3 is 10.1 Å². The van der Waals surface area contributed by atoms with E-state index in [-0.39, 0.29) is 10.7 Å². The Hall–Kier alpha value is -2.26. The smallest absolute Gasteiger partial charge is 0.238 e. The lowest BCUT2D eigenvalue weighted by Crippen LogP contribution is -2.17. The predicted octanol–water partition coefficient (Wildman–Crippen LogP) is 4.15. The molecule has 5 nitrogen and oxygen atoms in total. The Labute approximate surface area is 184 Å². The topological polar surface area (TPSA) is 81.4 Å². The number of nitrogens with one attached hydrogen (secondary N) is 1. The molecule has 3 aromatic carbocycles. The van der Waals surface area contributed by atoms with E-state index in [0.717, 1.165) is 33.3 Å². The number of primary sulfonamides is 1. The van der Waals surface area contributed by atoms with Crippen LogP contribution in [0.15, 0.2) is 76.1 Å². The third-order valence-corrected chi connectivity index (χ3v) is 5.91. The van der Waals surface area contributed by atoms with Crippen molar-refractivity contribution < 1.29 is 17.5 Å². The summed E-state index contributed by atoms with van der Waals surface area (Å²) in [7, 11) is -3.67. The first-order valence-electron chi connectivity index (χ1n) is 9.29. The fourth-order valence-electron chi connectivity index (χ4n) is 2.87. The Balaban J connectivity index is 1.54. The largest absolute Gasteiger partial charge is 0.489 e. The second-order valence-corrected chi connectivity index (χ2v) is 9.26. The maximum absolute atomic E-state index is 13.0. The number of sulfonamides is 1. The number of rotatable bonds is 9. The highest BCUT2D eigenvalue weighted by atomic mass is 79.9. The average Bonchev–Trinajstić information content (AvgIpc) is 2.71. The van der Waals surface area contributed by atoms with Crippen LogP contribution >= 0.6 is 15.9 Å². The molecule has 0 bridgehead atoms. The van der Waals surface area contributed by atoms with Crippen LogP contribution in [0.4, 0.5) is 4.39 Å². The summed E-state index contributed by atoms with van der Waals surface area (Å²) >= 11 is 3.48. The van der Waals surface area contributed by atoms with Gasteiger partial charge in [-0.25, -0.2) is 17.9 Å². The van der Waals surface area contributed by atoms with Crippen molar-refractivity contribution in [3.63, 3.8) is 0 Å².